The number of carboxylic acid groups (broad SMARTS) is 1. The molecule has 0 bridgehead atoms. The zero-order valence-corrected chi connectivity index (χ0v) is 19.9. The van der Waals surface area contributed by atoms with E-state index in [0.717, 1.165) is 4.68 Å². The van der Waals surface area contributed by atoms with Crippen LogP contribution in [0.25, 0.3) is 5.95 Å². The molecule has 0 aliphatic rings. The first kappa shape index (κ1) is 24.9. The number of ether oxygens (including phenoxy) is 2. The minimum atomic E-state index is -1.07. The highest BCUT2D eigenvalue weighted by Gasteiger charge is 2.24. The number of nitrogen functional groups attached to an aromatic ring is 1. The van der Waals surface area contributed by atoms with Crippen molar-refractivity contribution in [3.63, 3.8) is 0 Å². The van der Waals surface area contributed by atoms with Gasteiger partial charge in [-0.2, -0.15) is 0 Å². The van der Waals surface area contributed by atoms with E-state index in [1.165, 1.54) is 32.7 Å². The molecule has 0 radical (unpaired) electrons. The fraction of sp³-hybridized carbons (Fsp3) is 0.167. The average Bonchev–Trinajstić information content (AvgIpc) is 3.28. The standard InChI is InChI=1S/C24H24N8O5/c1-36-16-9-15(10-17(12-16)37-2)20(22-30-24(35)32(31-22)23-27-6-3-7-28-23)29-18-5-4-13(21(25)26)8-14(18)11-19(33)34/h3-10,12,20,29H,11H2,1-2H3,(H3,25,26)(H,33,34)(H,30,31,35). The third-order valence-electron chi connectivity index (χ3n) is 5.42. The quantitative estimate of drug-likeness (QED) is 0.156. The van der Waals surface area contributed by atoms with Gasteiger partial charge in [0.1, 0.15) is 23.4 Å². The van der Waals surface area contributed by atoms with Gasteiger partial charge in [0, 0.05) is 29.7 Å². The summed E-state index contributed by atoms with van der Waals surface area (Å²) in [7, 11) is 3.02. The normalized spacial score (nSPS) is 11.5. The maximum Gasteiger partial charge on any atom is 0.350 e. The number of H-pyrrole nitrogens is 1. The van der Waals surface area contributed by atoms with Crippen molar-refractivity contribution in [2.75, 3.05) is 19.5 Å². The molecule has 13 heteroatoms. The Morgan fingerprint density at radius 3 is 2.43 bits per heavy atom. The van der Waals surface area contributed by atoms with E-state index < -0.39 is 17.7 Å². The monoisotopic (exact) mass is 504 g/mol. The molecule has 37 heavy (non-hydrogen) atoms. The maximum absolute atomic E-state index is 12.8. The lowest BCUT2D eigenvalue weighted by Crippen LogP contribution is -2.18. The Labute approximate surface area is 210 Å². The molecule has 190 valence electrons. The Morgan fingerprint density at radius 2 is 1.84 bits per heavy atom. The van der Waals surface area contributed by atoms with Crippen LogP contribution in [-0.2, 0) is 11.2 Å². The smallest absolute Gasteiger partial charge is 0.350 e. The van der Waals surface area contributed by atoms with Crippen LogP contribution in [0.3, 0.4) is 0 Å². The van der Waals surface area contributed by atoms with Gasteiger partial charge < -0.3 is 25.6 Å². The van der Waals surface area contributed by atoms with Crippen LogP contribution in [0.1, 0.15) is 28.6 Å². The van der Waals surface area contributed by atoms with E-state index in [4.69, 9.17) is 20.6 Å². The van der Waals surface area contributed by atoms with Crippen LogP contribution >= 0.6 is 0 Å². The Bertz CT molecular complexity index is 1480. The number of methoxy groups -OCH3 is 2. The number of aliphatic carboxylic acids is 1. The molecule has 2 aromatic carbocycles. The molecule has 0 saturated carbocycles. The van der Waals surface area contributed by atoms with Crippen molar-refractivity contribution in [3.8, 4) is 17.4 Å². The molecule has 0 aliphatic heterocycles. The van der Waals surface area contributed by atoms with E-state index in [-0.39, 0.29) is 24.0 Å². The zero-order valence-electron chi connectivity index (χ0n) is 19.9. The van der Waals surface area contributed by atoms with Gasteiger partial charge in [-0.3, -0.25) is 15.2 Å². The fourth-order valence-corrected chi connectivity index (χ4v) is 3.68. The summed E-state index contributed by atoms with van der Waals surface area (Å²) in [5.41, 5.74) is 6.83. The van der Waals surface area contributed by atoms with Crippen LogP contribution in [0.4, 0.5) is 5.69 Å². The molecule has 0 spiro atoms. The number of hydrogen-bond donors (Lipinski definition) is 5. The summed E-state index contributed by atoms with van der Waals surface area (Å²) in [5, 5.41) is 24.9. The SMILES string of the molecule is COc1cc(OC)cc(C(Nc2ccc(C(=N)N)cc2CC(=O)O)c2nn(-c3ncccn3)c(=O)[nH]2)c1. The van der Waals surface area contributed by atoms with Gasteiger partial charge in [0.25, 0.3) is 5.95 Å². The molecule has 1 atom stereocenters. The van der Waals surface area contributed by atoms with E-state index in [9.17, 15) is 14.7 Å². The maximum atomic E-state index is 12.8. The highest BCUT2D eigenvalue weighted by Crippen LogP contribution is 2.32. The molecular formula is C24H24N8O5. The number of hydrogen-bond acceptors (Lipinski definition) is 9. The highest BCUT2D eigenvalue weighted by molar-refractivity contribution is 5.96. The van der Waals surface area contributed by atoms with Crippen LogP contribution < -0.4 is 26.2 Å². The van der Waals surface area contributed by atoms with Crippen LogP contribution in [0.2, 0.25) is 0 Å². The van der Waals surface area contributed by atoms with Gasteiger partial charge in [-0.1, -0.05) is 0 Å². The topological polar surface area (TPSA) is 194 Å². The van der Waals surface area contributed by atoms with Crippen molar-refractivity contribution in [2.45, 2.75) is 12.5 Å². The van der Waals surface area contributed by atoms with E-state index in [1.54, 1.807) is 36.4 Å². The summed E-state index contributed by atoms with van der Waals surface area (Å²) >= 11 is 0. The second kappa shape index (κ2) is 10.6. The van der Waals surface area contributed by atoms with Crippen molar-refractivity contribution in [1.29, 1.82) is 5.41 Å². The molecule has 0 amide bonds. The molecule has 0 aliphatic carbocycles. The second-order valence-corrected chi connectivity index (χ2v) is 7.86. The van der Waals surface area contributed by atoms with Crippen LogP contribution in [-0.4, -0.2) is 55.9 Å². The number of aromatic nitrogens is 5. The summed E-state index contributed by atoms with van der Waals surface area (Å²) in [6.45, 7) is 0. The lowest BCUT2D eigenvalue weighted by molar-refractivity contribution is -0.136. The molecule has 4 rings (SSSR count). The van der Waals surface area contributed by atoms with Gasteiger partial charge in [-0.15, -0.1) is 9.78 Å². The second-order valence-electron chi connectivity index (χ2n) is 7.86. The molecular weight excluding hydrogens is 480 g/mol. The number of nitrogens with two attached hydrogens (primary N) is 1. The van der Waals surface area contributed by atoms with Gasteiger partial charge in [0.15, 0.2) is 5.82 Å². The summed E-state index contributed by atoms with van der Waals surface area (Å²) in [5.74, 6) is -0.00137. The first-order valence-corrected chi connectivity index (χ1v) is 10.9. The number of anilines is 1. The van der Waals surface area contributed by atoms with Gasteiger partial charge >= 0.3 is 11.7 Å². The number of nitrogens with one attached hydrogen (secondary N) is 3. The Hall–Kier alpha value is -5.20. The number of benzene rings is 2. The molecule has 2 heterocycles. The minimum Gasteiger partial charge on any atom is -0.497 e. The number of nitrogens with zero attached hydrogens (tertiary/aromatic N) is 4. The average molecular weight is 505 g/mol. The number of rotatable bonds is 10. The first-order valence-electron chi connectivity index (χ1n) is 10.9. The summed E-state index contributed by atoms with van der Waals surface area (Å²) in [4.78, 5) is 35.2. The number of carboxylic acids is 1. The summed E-state index contributed by atoms with van der Waals surface area (Å²) in [6.07, 6.45) is 2.64. The lowest BCUT2D eigenvalue weighted by Gasteiger charge is -2.21. The van der Waals surface area contributed by atoms with Crippen LogP contribution in [0, 0.1) is 5.41 Å². The predicted molar refractivity (Wildman–Crippen MR) is 134 cm³/mol. The zero-order chi connectivity index (χ0) is 26.5. The van der Waals surface area contributed by atoms with Crippen LogP contribution in [0.5, 0.6) is 11.5 Å². The number of carbonyl (C=O) groups is 1. The summed E-state index contributed by atoms with van der Waals surface area (Å²) in [6, 6.07) is 10.7. The molecule has 0 fully saturated rings. The molecule has 4 aromatic rings. The largest absolute Gasteiger partial charge is 0.497 e. The Balaban J connectivity index is 1.87. The van der Waals surface area contributed by atoms with Crippen molar-refractivity contribution < 1.29 is 19.4 Å². The van der Waals surface area contributed by atoms with Gasteiger partial charge in [0.05, 0.1) is 20.6 Å². The van der Waals surface area contributed by atoms with Gasteiger partial charge in [-0.05, 0) is 47.5 Å². The summed E-state index contributed by atoms with van der Waals surface area (Å²) < 4.78 is 11.8. The van der Waals surface area contributed by atoms with Crippen LogP contribution in [0.15, 0.2) is 59.7 Å². The molecule has 1 unspecified atom stereocenters. The van der Waals surface area contributed by atoms with E-state index in [2.05, 4.69) is 25.4 Å². The molecule has 13 nitrogen and oxygen atoms in total. The Kier molecular flexibility index (Phi) is 7.14. The van der Waals surface area contributed by atoms with E-state index >= 15 is 0 Å². The Morgan fingerprint density at radius 1 is 1.16 bits per heavy atom. The van der Waals surface area contributed by atoms with Crippen molar-refractivity contribution >= 4 is 17.5 Å². The van der Waals surface area contributed by atoms with Crippen molar-refractivity contribution in [3.05, 3.63) is 87.9 Å². The van der Waals surface area contributed by atoms with E-state index in [1.807, 2.05) is 0 Å². The molecule has 2 aromatic heterocycles. The number of amidine groups is 1. The van der Waals surface area contributed by atoms with Gasteiger partial charge in [0.2, 0.25) is 0 Å². The first-order chi connectivity index (χ1) is 17.8. The number of aromatic amines is 1. The highest BCUT2D eigenvalue weighted by atomic mass is 16.5. The third-order valence-corrected chi connectivity index (χ3v) is 5.42. The lowest BCUT2D eigenvalue weighted by atomic mass is 10.0. The van der Waals surface area contributed by atoms with Crippen molar-refractivity contribution in [1.82, 2.24) is 24.7 Å². The molecule has 0 saturated heterocycles. The van der Waals surface area contributed by atoms with E-state index in [0.29, 0.717) is 33.9 Å². The van der Waals surface area contributed by atoms with Gasteiger partial charge in [-0.25, -0.2) is 14.8 Å². The van der Waals surface area contributed by atoms with Crippen molar-refractivity contribution in [2.24, 2.45) is 5.73 Å². The third kappa shape index (κ3) is 5.56. The minimum absolute atomic E-state index is 0.0781. The predicted octanol–water partition coefficient (Wildman–Crippen LogP) is 1.48. The fourth-order valence-electron chi connectivity index (χ4n) is 3.68. The molecule has 6 N–H and O–H groups in total.